The Hall–Kier alpha value is -6.90. The van der Waals surface area contributed by atoms with E-state index in [1.54, 1.807) is 67.6 Å². The number of nitrogens with one attached hydrogen (secondary N) is 1. The van der Waals surface area contributed by atoms with Crippen LogP contribution >= 0.6 is 61.2 Å². The second-order valence-electron chi connectivity index (χ2n) is 25.0. The third-order valence-electron chi connectivity index (χ3n) is 15.1. The van der Waals surface area contributed by atoms with Crippen molar-refractivity contribution in [3.8, 4) is 33.8 Å². The van der Waals surface area contributed by atoms with Gasteiger partial charge in [-0.2, -0.15) is 15.3 Å². The van der Waals surface area contributed by atoms with Crippen LogP contribution < -0.4 is 11.5 Å². The SMILES string of the molecule is C.CC(C)c1cc(-c2ccc(F)cc2)nn2cc(C(=O)N3CCN(C(=O)OC(C)(C)C)CC3(C)C)nc12.CC(C)c1cc(-c2ccc(F)cc2)nn2cc(C(=O)N3CCNCC3(C)C)nc12.CC(C)c1cc(-c2ccc(F)cc2)nn2cc(C(=O)O)nc12.I.II.N. The molecule has 2 fully saturated rings. The maximum atomic E-state index is 13.6. The van der Waals surface area contributed by atoms with Gasteiger partial charge in [0.2, 0.25) is 0 Å². The molecule has 2 saturated heterocycles. The molecule has 26 heteroatoms. The van der Waals surface area contributed by atoms with Gasteiger partial charge in [-0.05, 0) is 157 Å². The van der Waals surface area contributed by atoms with E-state index < -0.39 is 17.1 Å². The van der Waals surface area contributed by atoms with Crippen molar-refractivity contribution in [1.29, 1.82) is 0 Å². The molecule has 0 aliphatic carbocycles. The first-order valence-electron chi connectivity index (χ1n) is 29.2. The number of carboxylic acid groups (broad SMARTS) is 1. The second-order valence-corrected chi connectivity index (χ2v) is 25.0. The van der Waals surface area contributed by atoms with Crippen molar-refractivity contribution < 1.29 is 42.2 Å². The number of aromatic nitrogens is 9. The van der Waals surface area contributed by atoms with E-state index in [9.17, 15) is 32.3 Å². The number of fused-ring (bicyclic) bond motifs is 3. The van der Waals surface area contributed by atoms with Crippen molar-refractivity contribution in [1.82, 2.24) is 70.0 Å². The summed E-state index contributed by atoms with van der Waals surface area (Å²) in [5.74, 6) is -1.83. The Bertz CT molecular complexity index is 4040. The van der Waals surface area contributed by atoms with Gasteiger partial charge >= 0.3 is 12.1 Å². The Morgan fingerprint density at radius 1 is 0.565 bits per heavy atom. The van der Waals surface area contributed by atoms with Crippen molar-refractivity contribution in [3.63, 3.8) is 0 Å². The summed E-state index contributed by atoms with van der Waals surface area (Å²) in [6.45, 7) is 29.0. The summed E-state index contributed by atoms with van der Waals surface area (Å²) >= 11 is 4.24. The minimum Gasteiger partial charge on any atom is -0.476 e. The summed E-state index contributed by atoms with van der Waals surface area (Å²) in [4.78, 5) is 69.2. The lowest BCUT2D eigenvalue weighted by molar-refractivity contribution is -0.0110. The fraction of sp³-hybridized carbons (Fsp3) is 0.394. The van der Waals surface area contributed by atoms with Crippen molar-refractivity contribution in [2.24, 2.45) is 0 Å². The summed E-state index contributed by atoms with van der Waals surface area (Å²) in [5.41, 5.74) is 8.21. The molecule has 494 valence electrons. The molecule has 0 bridgehead atoms. The highest BCUT2D eigenvalue weighted by Crippen LogP contribution is 2.32. The number of carbonyl (C=O) groups excluding carboxylic acids is 3. The Morgan fingerprint density at radius 2 is 0.902 bits per heavy atom. The molecule has 2 aliphatic heterocycles. The van der Waals surface area contributed by atoms with Crippen molar-refractivity contribution in [3.05, 3.63) is 161 Å². The van der Waals surface area contributed by atoms with E-state index in [1.165, 1.54) is 47.1 Å². The monoisotopic (exact) mass is 1600 g/mol. The van der Waals surface area contributed by atoms with Crippen LogP contribution in [0.15, 0.2) is 110 Å². The van der Waals surface area contributed by atoms with Crippen LogP contribution in [0.3, 0.4) is 0 Å². The number of carbonyl (C=O) groups is 4. The van der Waals surface area contributed by atoms with Crippen molar-refractivity contribution >= 4 is 102 Å². The number of nitrogens with zero attached hydrogens (tertiary/aromatic N) is 12. The molecule has 3 aromatic carbocycles. The first kappa shape index (κ1) is 75.8. The third kappa shape index (κ3) is 17.7. The zero-order valence-electron chi connectivity index (χ0n) is 53.2. The maximum absolute atomic E-state index is 13.6. The van der Waals surface area contributed by atoms with Gasteiger partial charge in [0.1, 0.15) is 34.4 Å². The molecule has 6 aromatic heterocycles. The van der Waals surface area contributed by atoms with E-state index in [0.717, 1.165) is 52.2 Å². The summed E-state index contributed by atoms with van der Waals surface area (Å²) in [7, 11) is 0. The quantitative estimate of drug-likeness (QED) is 0.114. The molecule has 0 saturated carbocycles. The molecule has 0 radical (unpaired) electrons. The van der Waals surface area contributed by atoms with Gasteiger partial charge in [-0.15, -0.1) is 24.0 Å². The number of carboxylic acids is 1. The summed E-state index contributed by atoms with van der Waals surface area (Å²) in [6, 6.07) is 24.2. The smallest absolute Gasteiger partial charge is 0.410 e. The largest absolute Gasteiger partial charge is 0.476 e. The Kier molecular flexibility index (Phi) is 25.8. The molecule has 0 unspecified atom stereocenters. The van der Waals surface area contributed by atoms with Crippen LogP contribution in [-0.2, 0) is 4.74 Å². The topological polar surface area (TPSA) is 245 Å². The van der Waals surface area contributed by atoms with Crippen LogP contribution in [0, 0.1) is 17.5 Å². The molecule has 20 nitrogen and oxygen atoms in total. The number of benzene rings is 3. The van der Waals surface area contributed by atoms with E-state index in [-0.39, 0.29) is 102 Å². The summed E-state index contributed by atoms with van der Waals surface area (Å²) in [6.07, 6.45) is 4.35. The number of hydrogen-bond acceptors (Lipinski definition) is 13. The minimum absolute atomic E-state index is 0. The van der Waals surface area contributed by atoms with Crippen LogP contribution in [0.5, 0.6) is 0 Å². The molecule has 5 N–H and O–H groups in total. The van der Waals surface area contributed by atoms with Gasteiger partial charge in [-0.3, -0.25) is 9.59 Å². The van der Waals surface area contributed by atoms with E-state index in [4.69, 9.17) is 9.84 Å². The number of rotatable bonds is 9. The highest BCUT2D eigenvalue weighted by Gasteiger charge is 2.41. The van der Waals surface area contributed by atoms with Crippen LogP contribution in [0.1, 0.15) is 163 Å². The van der Waals surface area contributed by atoms with Gasteiger partial charge in [0, 0.05) is 110 Å². The fourth-order valence-electron chi connectivity index (χ4n) is 10.5. The number of imidazole rings is 3. The molecule has 9 aromatic rings. The molecule has 8 heterocycles. The number of piperazine rings is 2. The lowest BCUT2D eigenvalue weighted by Crippen LogP contribution is -2.62. The summed E-state index contributed by atoms with van der Waals surface area (Å²) in [5, 5.41) is 26.1. The van der Waals surface area contributed by atoms with Crippen molar-refractivity contribution in [2.45, 2.75) is 132 Å². The number of ether oxygens (including phenoxy) is 1. The standard InChI is InChI=1S/C27H34FN5O3.C22H26FN5O.C16H14FN3O2.CH4.I2.HI.H3N/c1-17(2)20-14-21(18-8-10-19(28)11-9-18)30-33-15-22(29-23(20)33)24(34)32-13-12-31(16-27(32,6)7)25(35)36-26(3,4)5;1-14(2)17-11-18(15-5-7-16(23)8-6-15)26-28-12-19(25-20(17)28)21(29)27-10-9-24-13-22(27,3)4;1-9(2)12-7-13(10-3-5-11(17)6-4-10)19-20-8-14(16(21)22)18-15(12)20;;1-2;;/h8-11,14-15,17H,12-13,16H2,1-7H3;5-8,11-12,14,24H,9-10,13H2,1-4H3;3-9H,1-2H3,(H,21,22);1H4;;1H;1H3. The molecular weight excluding hydrogens is 1520 g/mol. The zero-order chi connectivity index (χ0) is 65.0. The third-order valence-corrected chi connectivity index (χ3v) is 15.1. The average molecular weight is 1610 g/mol. The van der Waals surface area contributed by atoms with Crippen LogP contribution in [0.2, 0.25) is 0 Å². The number of halogens is 6. The average Bonchev–Trinajstić information content (AvgIpc) is 1.60. The molecule has 0 spiro atoms. The van der Waals surface area contributed by atoms with E-state index in [1.807, 2.05) is 71.6 Å². The van der Waals surface area contributed by atoms with E-state index in [2.05, 4.69) is 114 Å². The molecule has 92 heavy (non-hydrogen) atoms. The molecule has 11 rings (SSSR count). The minimum atomic E-state index is -1.09. The first-order chi connectivity index (χ1) is 42.0. The van der Waals surface area contributed by atoms with Crippen LogP contribution in [0.25, 0.3) is 50.7 Å². The van der Waals surface area contributed by atoms with Gasteiger partial charge in [0.15, 0.2) is 22.6 Å². The van der Waals surface area contributed by atoms with Gasteiger partial charge in [0.25, 0.3) is 11.8 Å². The molecule has 3 amide bonds. The van der Waals surface area contributed by atoms with E-state index >= 15 is 0 Å². The Labute approximate surface area is 575 Å². The normalized spacial score (nSPS) is 14.2. The lowest BCUT2D eigenvalue weighted by Gasteiger charge is -2.46. The highest BCUT2D eigenvalue weighted by atomic mass is 128. The number of amides is 3. The van der Waals surface area contributed by atoms with Gasteiger partial charge in [-0.25, -0.2) is 51.3 Å². The predicted molar refractivity (Wildman–Crippen MR) is 380 cm³/mol. The zero-order valence-corrected chi connectivity index (χ0v) is 59.9. The Balaban J connectivity index is 0.000000249. The maximum Gasteiger partial charge on any atom is 0.410 e. The van der Waals surface area contributed by atoms with Gasteiger partial charge in [-0.1, -0.05) is 49.0 Å². The lowest BCUT2D eigenvalue weighted by atomic mass is 9.98. The van der Waals surface area contributed by atoms with Crippen LogP contribution in [0.4, 0.5) is 18.0 Å². The van der Waals surface area contributed by atoms with E-state index in [0.29, 0.717) is 65.9 Å². The Morgan fingerprint density at radius 3 is 1.22 bits per heavy atom. The predicted octanol–water partition coefficient (Wildman–Crippen LogP) is 15.2. The fourth-order valence-corrected chi connectivity index (χ4v) is 10.5. The summed E-state index contributed by atoms with van der Waals surface area (Å²) < 4.78 is 50.1. The highest BCUT2D eigenvalue weighted by molar-refractivity contribution is 15.0. The molecular formula is C66H82F3I3N14O6. The first-order valence-corrected chi connectivity index (χ1v) is 35.4. The molecule has 2 aliphatic rings. The van der Waals surface area contributed by atoms with Gasteiger partial charge < -0.3 is 36.0 Å². The molecule has 0 atom stereocenters. The second kappa shape index (κ2) is 31.4. The number of aromatic carboxylic acids is 1. The van der Waals surface area contributed by atoms with Crippen molar-refractivity contribution in [2.75, 3.05) is 39.3 Å². The van der Waals surface area contributed by atoms with Gasteiger partial charge in [0.05, 0.1) is 46.8 Å². The number of hydrogen-bond donors (Lipinski definition) is 3. The van der Waals surface area contributed by atoms with Crippen LogP contribution in [-0.4, -0.2) is 143 Å².